The third-order valence-electron chi connectivity index (χ3n) is 2.07. The summed E-state index contributed by atoms with van der Waals surface area (Å²) in [4.78, 5) is 13.0. The van der Waals surface area contributed by atoms with Gasteiger partial charge in [0.15, 0.2) is 0 Å². The second-order valence-electron chi connectivity index (χ2n) is 3.15. The SMILES string of the molecule is CCN(C(=O)C(C)Cl)c1ccccc1F. The first-order chi connectivity index (χ1) is 7.07. The van der Waals surface area contributed by atoms with Crippen molar-refractivity contribution in [2.24, 2.45) is 0 Å². The summed E-state index contributed by atoms with van der Waals surface area (Å²) in [5.74, 6) is -0.700. The van der Waals surface area contributed by atoms with Crippen molar-refractivity contribution in [2.45, 2.75) is 19.2 Å². The minimum absolute atomic E-state index is 0.275. The van der Waals surface area contributed by atoms with E-state index in [2.05, 4.69) is 0 Å². The summed E-state index contributed by atoms with van der Waals surface area (Å²) in [6.07, 6.45) is 0. The van der Waals surface area contributed by atoms with E-state index >= 15 is 0 Å². The quantitative estimate of drug-likeness (QED) is 0.730. The van der Waals surface area contributed by atoms with Crippen LogP contribution in [-0.4, -0.2) is 17.8 Å². The second kappa shape index (κ2) is 5.12. The first-order valence-corrected chi connectivity index (χ1v) is 5.21. The van der Waals surface area contributed by atoms with Crippen LogP contribution in [0.2, 0.25) is 0 Å². The van der Waals surface area contributed by atoms with E-state index in [0.717, 1.165) is 0 Å². The smallest absolute Gasteiger partial charge is 0.244 e. The molecule has 1 rings (SSSR count). The summed E-state index contributed by atoms with van der Waals surface area (Å²) in [6, 6.07) is 6.16. The minimum atomic E-state index is -0.649. The van der Waals surface area contributed by atoms with Gasteiger partial charge in [0, 0.05) is 6.54 Å². The number of amides is 1. The van der Waals surface area contributed by atoms with E-state index in [4.69, 9.17) is 11.6 Å². The molecule has 0 saturated heterocycles. The van der Waals surface area contributed by atoms with Gasteiger partial charge in [-0.15, -0.1) is 11.6 Å². The predicted molar refractivity (Wildman–Crippen MR) is 59.7 cm³/mol. The predicted octanol–water partition coefficient (Wildman–Crippen LogP) is 2.81. The van der Waals surface area contributed by atoms with Crippen LogP contribution in [0.1, 0.15) is 13.8 Å². The lowest BCUT2D eigenvalue weighted by Gasteiger charge is -2.22. The van der Waals surface area contributed by atoms with Crippen molar-refractivity contribution in [3.8, 4) is 0 Å². The number of nitrogens with zero attached hydrogens (tertiary/aromatic N) is 1. The average molecular weight is 230 g/mol. The van der Waals surface area contributed by atoms with Gasteiger partial charge in [-0.2, -0.15) is 0 Å². The molecular weight excluding hydrogens is 217 g/mol. The third kappa shape index (κ3) is 2.69. The van der Waals surface area contributed by atoms with Crippen LogP contribution in [-0.2, 0) is 4.79 Å². The first kappa shape index (κ1) is 12.0. The van der Waals surface area contributed by atoms with Gasteiger partial charge in [0.05, 0.1) is 5.69 Å². The van der Waals surface area contributed by atoms with Crippen LogP contribution in [0, 0.1) is 5.82 Å². The van der Waals surface area contributed by atoms with E-state index in [9.17, 15) is 9.18 Å². The lowest BCUT2D eigenvalue weighted by molar-refractivity contribution is -0.118. The normalized spacial score (nSPS) is 12.3. The molecule has 0 aliphatic carbocycles. The molecule has 0 spiro atoms. The number of anilines is 1. The molecule has 0 aliphatic rings. The molecule has 1 amide bonds. The molecule has 0 aromatic heterocycles. The Morgan fingerprint density at radius 2 is 2.13 bits per heavy atom. The van der Waals surface area contributed by atoms with Gasteiger partial charge in [0.2, 0.25) is 5.91 Å². The zero-order valence-electron chi connectivity index (χ0n) is 8.71. The van der Waals surface area contributed by atoms with Crippen LogP contribution in [0.4, 0.5) is 10.1 Å². The molecule has 15 heavy (non-hydrogen) atoms. The molecule has 0 fully saturated rings. The molecule has 1 aromatic carbocycles. The van der Waals surface area contributed by atoms with Gasteiger partial charge in [-0.25, -0.2) is 4.39 Å². The summed E-state index contributed by atoms with van der Waals surface area (Å²) in [5, 5.41) is -0.649. The van der Waals surface area contributed by atoms with Crippen LogP contribution in [0.5, 0.6) is 0 Å². The van der Waals surface area contributed by atoms with Crippen LogP contribution < -0.4 is 4.90 Å². The van der Waals surface area contributed by atoms with Gasteiger partial charge in [-0.3, -0.25) is 4.79 Å². The molecule has 0 saturated carbocycles. The Bertz CT molecular complexity index is 354. The van der Waals surface area contributed by atoms with Crippen LogP contribution >= 0.6 is 11.6 Å². The molecule has 0 radical (unpaired) electrons. The average Bonchev–Trinajstić information content (AvgIpc) is 2.21. The Kier molecular flexibility index (Phi) is 4.09. The highest BCUT2D eigenvalue weighted by atomic mass is 35.5. The van der Waals surface area contributed by atoms with Gasteiger partial charge in [0.25, 0.3) is 0 Å². The van der Waals surface area contributed by atoms with Crippen LogP contribution in [0.15, 0.2) is 24.3 Å². The number of rotatable bonds is 3. The number of halogens is 2. The number of benzene rings is 1. The van der Waals surface area contributed by atoms with Gasteiger partial charge < -0.3 is 4.90 Å². The topological polar surface area (TPSA) is 20.3 Å². The number of hydrogen-bond donors (Lipinski definition) is 0. The van der Waals surface area contributed by atoms with Gasteiger partial charge in [-0.1, -0.05) is 12.1 Å². The zero-order valence-corrected chi connectivity index (χ0v) is 9.46. The fraction of sp³-hybridized carbons (Fsp3) is 0.364. The molecule has 1 aromatic rings. The highest BCUT2D eigenvalue weighted by Crippen LogP contribution is 2.20. The highest BCUT2D eigenvalue weighted by molar-refractivity contribution is 6.32. The summed E-state index contributed by atoms with van der Waals surface area (Å²) in [7, 11) is 0. The summed E-state index contributed by atoms with van der Waals surface area (Å²) < 4.78 is 13.4. The van der Waals surface area contributed by atoms with E-state index in [-0.39, 0.29) is 11.6 Å². The molecule has 2 nitrogen and oxygen atoms in total. The highest BCUT2D eigenvalue weighted by Gasteiger charge is 2.20. The number of carbonyl (C=O) groups is 1. The van der Waals surface area contributed by atoms with Gasteiger partial charge >= 0.3 is 0 Å². The number of para-hydroxylation sites is 1. The monoisotopic (exact) mass is 229 g/mol. The molecule has 82 valence electrons. The fourth-order valence-electron chi connectivity index (χ4n) is 1.33. The number of carbonyl (C=O) groups excluding carboxylic acids is 1. The maximum absolute atomic E-state index is 13.4. The maximum atomic E-state index is 13.4. The van der Waals surface area contributed by atoms with Crippen molar-refractivity contribution in [3.63, 3.8) is 0 Å². The van der Waals surface area contributed by atoms with Crippen LogP contribution in [0.25, 0.3) is 0 Å². The lowest BCUT2D eigenvalue weighted by Crippen LogP contribution is -2.36. The summed E-state index contributed by atoms with van der Waals surface area (Å²) >= 11 is 5.69. The molecule has 0 N–H and O–H groups in total. The summed E-state index contributed by atoms with van der Waals surface area (Å²) in [5.41, 5.74) is 0.275. The van der Waals surface area contributed by atoms with E-state index in [1.54, 1.807) is 32.0 Å². The number of alkyl halides is 1. The Balaban J connectivity index is 3.03. The molecule has 4 heteroatoms. The molecule has 1 unspecified atom stereocenters. The van der Waals surface area contributed by atoms with E-state index in [1.807, 2.05) is 0 Å². The first-order valence-electron chi connectivity index (χ1n) is 4.78. The van der Waals surface area contributed by atoms with Crippen LogP contribution in [0.3, 0.4) is 0 Å². The van der Waals surface area contributed by atoms with Crippen molar-refractivity contribution in [1.82, 2.24) is 0 Å². The van der Waals surface area contributed by atoms with E-state index in [0.29, 0.717) is 6.54 Å². The Labute approximate surface area is 93.6 Å². The zero-order chi connectivity index (χ0) is 11.4. The summed E-state index contributed by atoms with van der Waals surface area (Å²) in [6.45, 7) is 3.76. The van der Waals surface area contributed by atoms with Crippen molar-refractivity contribution in [2.75, 3.05) is 11.4 Å². The van der Waals surface area contributed by atoms with Crippen molar-refractivity contribution in [1.29, 1.82) is 0 Å². The molecular formula is C11H13ClFNO. The minimum Gasteiger partial charge on any atom is -0.309 e. The van der Waals surface area contributed by atoms with Gasteiger partial charge in [-0.05, 0) is 26.0 Å². The second-order valence-corrected chi connectivity index (χ2v) is 3.80. The van der Waals surface area contributed by atoms with E-state index in [1.165, 1.54) is 11.0 Å². The molecule has 0 bridgehead atoms. The van der Waals surface area contributed by atoms with Crippen molar-refractivity contribution < 1.29 is 9.18 Å². The molecule has 1 atom stereocenters. The van der Waals surface area contributed by atoms with Crippen molar-refractivity contribution >= 4 is 23.2 Å². The maximum Gasteiger partial charge on any atom is 0.244 e. The Morgan fingerprint density at radius 1 is 1.53 bits per heavy atom. The Morgan fingerprint density at radius 3 is 2.60 bits per heavy atom. The van der Waals surface area contributed by atoms with E-state index < -0.39 is 11.2 Å². The lowest BCUT2D eigenvalue weighted by atomic mass is 10.2. The fourth-order valence-corrected chi connectivity index (χ4v) is 1.45. The Hall–Kier alpha value is -1.09. The number of hydrogen-bond acceptors (Lipinski definition) is 1. The largest absolute Gasteiger partial charge is 0.309 e. The standard InChI is InChI=1S/C11H13ClFNO/c1-3-14(11(15)8(2)12)10-7-5-4-6-9(10)13/h4-8H,3H2,1-2H3. The van der Waals surface area contributed by atoms with Crippen molar-refractivity contribution in [3.05, 3.63) is 30.1 Å². The molecule has 0 heterocycles. The third-order valence-corrected chi connectivity index (χ3v) is 2.25. The van der Waals surface area contributed by atoms with Gasteiger partial charge in [0.1, 0.15) is 11.2 Å². The molecule has 0 aliphatic heterocycles.